The predicted molar refractivity (Wildman–Crippen MR) is 125 cm³/mol. The molecule has 2 heterocycles. The van der Waals surface area contributed by atoms with Crippen LogP contribution in [0.1, 0.15) is 21.5 Å². The highest BCUT2D eigenvalue weighted by Crippen LogP contribution is 2.24. The van der Waals surface area contributed by atoms with Gasteiger partial charge in [-0.05, 0) is 47.2 Å². The fourth-order valence-corrected chi connectivity index (χ4v) is 3.54. The van der Waals surface area contributed by atoms with Gasteiger partial charge in [0.05, 0.1) is 17.8 Å². The maximum absolute atomic E-state index is 13.3. The molecule has 0 unspecified atom stereocenters. The van der Waals surface area contributed by atoms with Crippen molar-refractivity contribution in [3.05, 3.63) is 108 Å². The first kappa shape index (κ1) is 20.3. The summed E-state index contributed by atoms with van der Waals surface area (Å²) in [5, 5.41) is 18.9. The van der Waals surface area contributed by atoms with Crippen LogP contribution >= 0.6 is 0 Å². The second-order valence-corrected chi connectivity index (χ2v) is 7.70. The van der Waals surface area contributed by atoms with Crippen molar-refractivity contribution in [1.82, 2.24) is 30.0 Å². The van der Waals surface area contributed by atoms with Crippen LogP contribution in [0.25, 0.3) is 16.9 Å². The maximum Gasteiger partial charge on any atom is 0.259 e. The van der Waals surface area contributed by atoms with E-state index in [2.05, 4.69) is 20.8 Å². The summed E-state index contributed by atoms with van der Waals surface area (Å²) in [7, 11) is 0. The minimum absolute atomic E-state index is 0.222. The van der Waals surface area contributed by atoms with E-state index in [9.17, 15) is 4.79 Å². The zero-order chi connectivity index (χ0) is 22.6. The molecule has 5 rings (SSSR count). The van der Waals surface area contributed by atoms with Crippen molar-refractivity contribution in [1.29, 1.82) is 0 Å². The molecule has 1 amide bonds. The van der Waals surface area contributed by atoms with Crippen molar-refractivity contribution in [2.45, 2.75) is 13.5 Å². The van der Waals surface area contributed by atoms with E-state index in [-0.39, 0.29) is 5.91 Å². The van der Waals surface area contributed by atoms with E-state index in [1.165, 1.54) is 6.33 Å². The number of tetrazole rings is 1. The van der Waals surface area contributed by atoms with Crippen LogP contribution in [-0.2, 0) is 6.54 Å². The number of carbonyl (C=O) groups is 1. The number of aromatic nitrogens is 6. The van der Waals surface area contributed by atoms with E-state index >= 15 is 0 Å². The molecule has 3 aromatic carbocycles. The Kier molecular flexibility index (Phi) is 5.47. The standard InChI is InChI=1S/C25H21N7O/c1-18-7-9-20(10-8-18)24-23(16-31(28-24)15-19-5-3-2-4-6-19)25(33)27-21-11-13-22(14-12-21)32-17-26-29-30-32/h2-14,16-17H,15H2,1H3,(H,27,33). The Morgan fingerprint density at radius 2 is 1.70 bits per heavy atom. The van der Waals surface area contributed by atoms with Crippen LogP contribution in [0.15, 0.2) is 91.4 Å². The number of hydrogen-bond donors (Lipinski definition) is 1. The van der Waals surface area contributed by atoms with Gasteiger partial charge in [-0.3, -0.25) is 9.48 Å². The van der Waals surface area contributed by atoms with Crippen molar-refractivity contribution in [3.8, 4) is 16.9 Å². The molecule has 8 nitrogen and oxygen atoms in total. The topological polar surface area (TPSA) is 90.5 Å². The third-order valence-electron chi connectivity index (χ3n) is 5.26. The third-order valence-corrected chi connectivity index (χ3v) is 5.26. The molecule has 162 valence electrons. The molecule has 0 fully saturated rings. The monoisotopic (exact) mass is 435 g/mol. The average molecular weight is 435 g/mol. The fourth-order valence-electron chi connectivity index (χ4n) is 3.54. The summed E-state index contributed by atoms with van der Waals surface area (Å²) in [5.41, 5.74) is 5.79. The second-order valence-electron chi connectivity index (χ2n) is 7.70. The molecule has 0 bridgehead atoms. The largest absolute Gasteiger partial charge is 0.322 e. The number of amides is 1. The molecule has 0 atom stereocenters. The van der Waals surface area contributed by atoms with Gasteiger partial charge >= 0.3 is 0 Å². The van der Waals surface area contributed by atoms with Crippen molar-refractivity contribution in [3.63, 3.8) is 0 Å². The number of nitrogens with one attached hydrogen (secondary N) is 1. The summed E-state index contributed by atoms with van der Waals surface area (Å²) < 4.78 is 3.36. The van der Waals surface area contributed by atoms with Gasteiger partial charge in [0.15, 0.2) is 0 Å². The van der Waals surface area contributed by atoms with Gasteiger partial charge < -0.3 is 5.32 Å². The SMILES string of the molecule is Cc1ccc(-c2nn(Cc3ccccc3)cc2C(=O)Nc2ccc(-n3cnnn3)cc2)cc1. The number of nitrogens with zero attached hydrogens (tertiary/aromatic N) is 6. The van der Waals surface area contributed by atoms with Crippen LogP contribution < -0.4 is 5.32 Å². The lowest BCUT2D eigenvalue weighted by Gasteiger charge is -2.07. The quantitative estimate of drug-likeness (QED) is 0.433. The van der Waals surface area contributed by atoms with Gasteiger partial charge in [0.25, 0.3) is 5.91 Å². The molecule has 0 aliphatic heterocycles. The zero-order valence-electron chi connectivity index (χ0n) is 18.0. The summed E-state index contributed by atoms with van der Waals surface area (Å²) in [6.07, 6.45) is 3.32. The lowest BCUT2D eigenvalue weighted by atomic mass is 10.1. The fraction of sp³-hybridized carbons (Fsp3) is 0.0800. The van der Waals surface area contributed by atoms with Gasteiger partial charge in [0.1, 0.15) is 12.0 Å². The number of aryl methyl sites for hydroxylation is 1. The van der Waals surface area contributed by atoms with Gasteiger partial charge in [0.2, 0.25) is 0 Å². The maximum atomic E-state index is 13.3. The van der Waals surface area contributed by atoms with Crippen molar-refractivity contribution in [2.24, 2.45) is 0 Å². The molecular formula is C25H21N7O. The normalized spacial score (nSPS) is 10.8. The van der Waals surface area contributed by atoms with E-state index in [0.717, 1.165) is 22.4 Å². The van der Waals surface area contributed by atoms with Crippen molar-refractivity contribution in [2.75, 3.05) is 5.32 Å². The smallest absolute Gasteiger partial charge is 0.259 e. The second kappa shape index (κ2) is 8.88. The van der Waals surface area contributed by atoms with Crippen LogP contribution in [0.3, 0.4) is 0 Å². The first-order valence-corrected chi connectivity index (χ1v) is 10.5. The molecule has 2 aromatic heterocycles. The van der Waals surface area contributed by atoms with Gasteiger partial charge in [-0.1, -0.05) is 60.2 Å². The Hall–Kier alpha value is -4.59. The van der Waals surface area contributed by atoms with E-state index in [1.54, 1.807) is 15.6 Å². The molecule has 0 saturated carbocycles. The van der Waals surface area contributed by atoms with Crippen molar-refractivity contribution >= 4 is 11.6 Å². The summed E-state index contributed by atoms with van der Waals surface area (Å²) in [4.78, 5) is 13.3. The molecule has 1 N–H and O–H groups in total. The first-order chi connectivity index (χ1) is 16.2. The molecular weight excluding hydrogens is 414 g/mol. The van der Waals surface area contributed by atoms with E-state index in [1.807, 2.05) is 85.8 Å². The number of anilines is 1. The lowest BCUT2D eigenvalue weighted by molar-refractivity contribution is 0.102. The third kappa shape index (κ3) is 4.54. The molecule has 8 heteroatoms. The molecule has 5 aromatic rings. The Bertz CT molecular complexity index is 1360. The number of carbonyl (C=O) groups excluding carboxylic acids is 1. The van der Waals surface area contributed by atoms with Crippen LogP contribution in [0.5, 0.6) is 0 Å². The van der Waals surface area contributed by atoms with Crippen molar-refractivity contribution < 1.29 is 4.79 Å². The summed E-state index contributed by atoms with van der Waals surface area (Å²) in [6, 6.07) is 25.4. The summed E-state index contributed by atoms with van der Waals surface area (Å²) >= 11 is 0. The Morgan fingerprint density at radius 3 is 2.39 bits per heavy atom. The lowest BCUT2D eigenvalue weighted by Crippen LogP contribution is -2.12. The molecule has 33 heavy (non-hydrogen) atoms. The Morgan fingerprint density at radius 1 is 0.939 bits per heavy atom. The molecule has 0 aliphatic carbocycles. The van der Waals surface area contributed by atoms with E-state index < -0.39 is 0 Å². The van der Waals surface area contributed by atoms with Crippen LogP contribution in [-0.4, -0.2) is 35.9 Å². The predicted octanol–water partition coefficient (Wildman–Crippen LogP) is 4.13. The average Bonchev–Trinajstić information content (AvgIpc) is 3.52. The van der Waals surface area contributed by atoms with Gasteiger partial charge in [-0.15, -0.1) is 5.10 Å². The zero-order valence-corrected chi connectivity index (χ0v) is 18.0. The van der Waals surface area contributed by atoms with Gasteiger partial charge in [-0.25, -0.2) is 4.68 Å². The first-order valence-electron chi connectivity index (χ1n) is 10.5. The molecule has 0 radical (unpaired) electrons. The van der Waals surface area contributed by atoms with Crippen LogP contribution in [0.4, 0.5) is 5.69 Å². The minimum Gasteiger partial charge on any atom is -0.322 e. The van der Waals surface area contributed by atoms with Crippen LogP contribution in [0.2, 0.25) is 0 Å². The van der Waals surface area contributed by atoms with Crippen LogP contribution in [0, 0.1) is 6.92 Å². The van der Waals surface area contributed by atoms with Gasteiger partial charge in [0, 0.05) is 17.4 Å². The number of hydrogen-bond acceptors (Lipinski definition) is 5. The molecule has 0 aliphatic rings. The highest BCUT2D eigenvalue weighted by Gasteiger charge is 2.18. The Labute approximate surface area is 190 Å². The number of rotatable bonds is 6. The highest BCUT2D eigenvalue weighted by atomic mass is 16.1. The Balaban J connectivity index is 1.43. The molecule has 0 spiro atoms. The summed E-state index contributed by atoms with van der Waals surface area (Å²) in [6.45, 7) is 2.61. The van der Waals surface area contributed by atoms with E-state index in [4.69, 9.17) is 5.10 Å². The minimum atomic E-state index is -0.222. The highest BCUT2D eigenvalue weighted by molar-refractivity contribution is 6.08. The summed E-state index contributed by atoms with van der Waals surface area (Å²) in [5.74, 6) is -0.222. The van der Waals surface area contributed by atoms with E-state index in [0.29, 0.717) is 23.5 Å². The molecule has 0 saturated heterocycles. The number of benzene rings is 3. The van der Waals surface area contributed by atoms with Gasteiger partial charge in [-0.2, -0.15) is 5.10 Å².